The Bertz CT molecular complexity index is 2870. The van der Waals surface area contributed by atoms with Gasteiger partial charge in [0, 0.05) is 11.1 Å². The summed E-state index contributed by atoms with van der Waals surface area (Å²) in [6.07, 6.45) is 0. The number of rotatable bonds is 8. The van der Waals surface area contributed by atoms with Crippen molar-refractivity contribution in [3.8, 4) is 56.6 Å². The normalized spacial score (nSPS) is 11.3. The zero-order valence-electron chi connectivity index (χ0n) is 30.4. The summed E-state index contributed by atoms with van der Waals surface area (Å²) in [5, 5.41) is 0.223. The smallest absolute Gasteiger partial charge is 0.266 e. The molecular weight excluding hydrogens is 701 g/mol. The molecule has 0 aliphatic rings. The zero-order chi connectivity index (χ0) is 38.5. The minimum Gasteiger partial charge on any atom is -0.457 e. The fourth-order valence-electron chi connectivity index (χ4n) is 7.18. The molecule has 0 bridgehead atoms. The zero-order valence-corrected chi connectivity index (χ0v) is 30.4. The Morgan fingerprint density at radius 3 is 1.05 bits per heavy atom. The SMILES string of the molecule is Cc1ccc(Oc2ccc(-n3c(=O)c4cc5c(=O)n(-c6ccc(Oc7ccc(C)cc7-c7ccccc7)cc6)c(=O)c5cc4c3=O)cc2)c(-c2ccccc2)c1. The highest BCUT2D eigenvalue weighted by atomic mass is 16.5. The predicted molar refractivity (Wildman–Crippen MR) is 221 cm³/mol. The fourth-order valence-corrected chi connectivity index (χ4v) is 7.18. The van der Waals surface area contributed by atoms with Crippen molar-refractivity contribution in [1.82, 2.24) is 9.13 Å². The van der Waals surface area contributed by atoms with E-state index in [0.717, 1.165) is 42.5 Å². The Morgan fingerprint density at radius 1 is 0.375 bits per heavy atom. The van der Waals surface area contributed by atoms with E-state index in [2.05, 4.69) is 12.1 Å². The lowest BCUT2D eigenvalue weighted by molar-refractivity contribution is 0.484. The third kappa shape index (κ3) is 5.99. The van der Waals surface area contributed by atoms with E-state index in [1.54, 1.807) is 48.5 Å². The van der Waals surface area contributed by atoms with Gasteiger partial charge in [-0.1, -0.05) is 83.9 Å². The van der Waals surface area contributed by atoms with Crippen LogP contribution in [0, 0.1) is 13.8 Å². The molecule has 0 N–H and O–H groups in total. The second-order valence-corrected chi connectivity index (χ2v) is 13.8. The van der Waals surface area contributed by atoms with Gasteiger partial charge in [0.1, 0.15) is 23.0 Å². The lowest BCUT2D eigenvalue weighted by Gasteiger charge is -2.13. The van der Waals surface area contributed by atoms with E-state index in [1.165, 1.54) is 12.1 Å². The van der Waals surface area contributed by atoms with Gasteiger partial charge in [0.15, 0.2) is 0 Å². The molecule has 56 heavy (non-hydrogen) atoms. The molecule has 0 radical (unpaired) electrons. The molecule has 0 spiro atoms. The summed E-state index contributed by atoms with van der Waals surface area (Å²) in [4.78, 5) is 54.9. The van der Waals surface area contributed by atoms with E-state index in [1.807, 2.05) is 98.8 Å². The summed E-state index contributed by atoms with van der Waals surface area (Å²) in [6.45, 7) is 4.04. The molecule has 9 aromatic rings. The third-order valence-corrected chi connectivity index (χ3v) is 9.98. The van der Waals surface area contributed by atoms with Crippen LogP contribution in [0.15, 0.2) is 177 Å². The number of benzene rings is 7. The standard InChI is InChI=1S/C48H32N2O6/c1-29-13-23-43(37(25-29)31-9-5-3-6-10-31)55-35-19-15-33(16-20-35)49-45(51)39-27-41-42(28-40(39)46(49)52)48(54)50(47(41)53)34-17-21-36(22-18-34)56-44-24-14-30(2)26-38(44)32-11-7-4-8-12-32/h3-28H,1-2H3. The monoisotopic (exact) mass is 732 g/mol. The first-order valence-corrected chi connectivity index (χ1v) is 18.1. The molecule has 2 aromatic heterocycles. The van der Waals surface area contributed by atoms with Crippen LogP contribution in [-0.2, 0) is 0 Å². The highest BCUT2D eigenvalue weighted by molar-refractivity contribution is 5.98. The van der Waals surface area contributed by atoms with Gasteiger partial charge in [0.2, 0.25) is 0 Å². The average Bonchev–Trinajstić information content (AvgIpc) is 3.62. The van der Waals surface area contributed by atoms with Gasteiger partial charge < -0.3 is 9.47 Å². The minimum absolute atomic E-state index is 0.0558. The quantitative estimate of drug-likeness (QED) is 0.155. The minimum atomic E-state index is -0.586. The molecule has 0 atom stereocenters. The van der Waals surface area contributed by atoms with Gasteiger partial charge in [-0.05, 0) is 110 Å². The van der Waals surface area contributed by atoms with E-state index >= 15 is 0 Å². The average molecular weight is 733 g/mol. The summed E-state index contributed by atoms with van der Waals surface area (Å²) >= 11 is 0. The van der Waals surface area contributed by atoms with Crippen LogP contribution in [0.4, 0.5) is 0 Å². The maximum Gasteiger partial charge on any atom is 0.266 e. The van der Waals surface area contributed by atoms with E-state index in [9.17, 15) is 19.2 Å². The van der Waals surface area contributed by atoms with E-state index < -0.39 is 22.2 Å². The van der Waals surface area contributed by atoms with Crippen LogP contribution in [-0.4, -0.2) is 9.13 Å². The maximum absolute atomic E-state index is 13.7. The van der Waals surface area contributed by atoms with Gasteiger partial charge in [-0.3, -0.25) is 19.2 Å². The van der Waals surface area contributed by atoms with Crippen molar-refractivity contribution in [1.29, 1.82) is 0 Å². The Kier molecular flexibility index (Phi) is 8.36. The largest absolute Gasteiger partial charge is 0.457 e. The highest BCUT2D eigenvalue weighted by Gasteiger charge is 2.21. The van der Waals surface area contributed by atoms with Crippen LogP contribution in [0.5, 0.6) is 23.0 Å². The van der Waals surface area contributed by atoms with Crippen LogP contribution in [0.3, 0.4) is 0 Å². The highest BCUT2D eigenvalue weighted by Crippen LogP contribution is 2.36. The van der Waals surface area contributed by atoms with Crippen molar-refractivity contribution in [2.75, 3.05) is 0 Å². The van der Waals surface area contributed by atoms with Crippen molar-refractivity contribution < 1.29 is 9.47 Å². The number of hydrogen-bond donors (Lipinski definition) is 0. The Balaban J connectivity index is 1.01. The van der Waals surface area contributed by atoms with Crippen molar-refractivity contribution >= 4 is 21.5 Å². The summed E-state index contributed by atoms with van der Waals surface area (Å²) in [7, 11) is 0. The van der Waals surface area contributed by atoms with Crippen LogP contribution < -0.4 is 31.7 Å². The van der Waals surface area contributed by atoms with Gasteiger partial charge in [-0.25, -0.2) is 9.13 Å². The summed E-state index contributed by atoms with van der Waals surface area (Å²) < 4.78 is 14.6. The molecule has 0 saturated heterocycles. The molecule has 9 rings (SSSR count). The number of ether oxygens (including phenoxy) is 2. The number of aromatic nitrogens is 2. The third-order valence-electron chi connectivity index (χ3n) is 9.98. The van der Waals surface area contributed by atoms with Gasteiger partial charge in [0.25, 0.3) is 22.2 Å². The second-order valence-electron chi connectivity index (χ2n) is 13.8. The molecule has 0 aliphatic heterocycles. The van der Waals surface area contributed by atoms with Crippen LogP contribution in [0.25, 0.3) is 55.2 Å². The van der Waals surface area contributed by atoms with E-state index in [-0.39, 0.29) is 21.5 Å². The molecule has 8 nitrogen and oxygen atoms in total. The molecular formula is C48H32N2O6. The number of hydrogen-bond acceptors (Lipinski definition) is 6. The second kappa shape index (κ2) is 13.7. The number of nitrogens with zero attached hydrogens (tertiary/aromatic N) is 2. The van der Waals surface area contributed by atoms with Crippen LogP contribution in [0.1, 0.15) is 11.1 Å². The molecule has 0 aliphatic carbocycles. The summed E-state index contributed by atoms with van der Waals surface area (Å²) in [5.41, 5.74) is 4.41. The first kappa shape index (κ1) is 34.2. The van der Waals surface area contributed by atoms with E-state index in [4.69, 9.17) is 9.47 Å². The molecule has 0 amide bonds. The molecule has 0 unspecified atom stereocenters. The number of aryl methyl sites for hydroxylation is 2. The molecule has 2 heterocycles. The first-order valence-electron chi connectivity index (χ1n) is 18.1. The summed E-state index contributed by atoms with van der Waals surface area (Å²) in [5.74, 6) is 2.37. The van der Waals surface area contributed by atoms with Gasteiger partial charge in [-0.15, -0.1) is 0 Å². The van der Waals surface area contributed by atoms with Gasteiger partial charge in [0.05, 0.1) is 32.9 Å². The van der Waals surface area contributed by atoms with Crippen LogP contribution in [0.2, 0.25) is 0 Å². The predicted octanol–water partition coefficient (Wildman–Crippen LogP) is 9.43. The van der Waals surface area contributed by atoms with Crippen molar-refractivity contribution in [3.05, 3.63) is 210 Å². The Hall–Kier alpha value is -7.58. The van der Waals surface area contributed by atoms with Crippen molar-refractivity contribution in [3.63, 3.8) is 0 Å². The van der Waals surface area contributed by atoms with Gasteiger partial charge >= 0.3 is 0 Å². The Labute approximate surface area is 320 Å². The summed E-state index contributed by atoms with van der Waals surface area (Å²) in [6, 6.07) is 47.8. The number of fused-ring (bicyclic) bond motifs is 2. The van der Waals surface area contributed by atoms with Crippen molar-refractivity contribution in [2.45, 2.75) is 13.8 Å². The lowest BCUT2D eigenvalue weighted by Crippen LogP contribution is -2.24. The Morgan fingerprint density at radius 2 is 0.714 bits per heavy atom. The molecule has 0 saturated carbocycles. The van der Waals surface area contributed by atoms with Crippen LogP contribution >= 0.6 is 0 Å². The topological polar surface area (TPSA) is 96.6 Å². The lowest BCUT2D eigenvalue weighted by atomic mass is 10.0. The van der Waals surface area contributed by atoms with E-state index in [0.29, 0.717) is 34.4 Å². The van der Waals surface area contributed by atoms with Gasteiger partial charge in [-0.2, -0.15) is 0 Å². The first-order chi connectivity index (χ1) is 27.2. The molecule has 0 fully saturated rings. The maximum atomic E-state index is 13.7. The molecule has 7 aromatic carbocycles. The van der Waals surface area contributed by atoms with Crippen molar-refractivity contribution in [2.24, 2.45) is 0 Å². The fraction of sp³-hybridized carbons (Fsp3) is 0.0417. The molecule has 270 valence electrons. The molecule has 8 heteroatoms.